The molecule has 4 aliphatic rings. The van der Waals surface area contributed by atoms with Crippen molar-refractivity contribution in [1.82, 2.24) is 4.98 Å². The van der Waals surface area contributed by atoms with E-state index in [4.69, 9.17) is 9.47 Å². The van der Waals surface area contributed by atoms with Gasteiger partial charge in [-0.3, -0.25) is 24.1 Å². The van der Waals surface area contributed by atoms with E-state index in [9.17, 15) is 24.0 Å². The van der Waals surface area contributed by atoms with Gasteiger partial charge < -0.3 is 19.8 Å². The number of carbonyl (C=O) groups excluding carboxylic acids is 4. The molecule has 2 saturated carbocycles. The van der Waals surface area contributed by atoms with Gasteiger partial charge in [0.2, 0.25) is 11.8 Å². The van der Waals surface area contributed by atoms with Gasteiger partial charge in [0, 0.05) is 21.7 Å². The number of nitrogens with zero attached hydrogens (tertiary/aromatic N) is 1. The fraction of sp³-hybridized carbons (Fsp3) is 0.324. The Morgan fingerprint density at radius 3 is 2.43 bits per heavy atom. The van der Waals surface area contributed by atoms with E-state index in [1.54, 1.807) is 49.0 Å². The average molecular weight is 696 g/mol. The van der Waals surface area contributed by atoms with Crippen LogP contribution in [0.25, 0.3) is 0 Å². The first-order valence-corrected chi connectivity index (χ1v) is 18.1. The van der Waals surface area contributed by atoms with Crippen LogP contribution < -0.4 is 19.8 Å². The summed E-state index contributed by atoms with van der Waals surface area (Å²) in [5.41, 5.74) is 3.53. The molecular formula is C37H33N3O7S2. The number of amides is 3. The number of aromatic amines is 1. The molecule has 12 heteroatoms. The number of H-pyrrole nitrogens is 1. The van der Waals surface area contributed by atoms with Crippen LogP contribution in [0.4, 0.5) is 11.4 Å². The van der Waals surface area contributed by atoms with Crippen LogP contribution in [0.2, 0.25) is 0 Å². The molecule has 2 aliphatic carbocycles. The molecule has 3 fully saturated rings. The Balaban J connectivity index is 1.06. The summed E-state index contributed by atoms with van der Waals surface area (Å²) >= 11 is 2.82. The fourth-order valence-corrected chi connectivity index (χ4v) is 11.3. The molecule has 1 aromatic heterocycles. The van der Waals surface area contributed by atoms with Crippen LogP contribution in [-0.2, 0) is 19.1 Å². The normalized spacial score (nSPS) is 26.2. The van der Waals surface area contributed by atoms with Gasteiger partial charge in [-0.05, 0) is 92.1 Å². The Labute approximate surface area is 290 Å². The molecule has 0 spiro atoms. The largest absolute Gasteiger partial charge is 0.484 e. The molecule has 7 atom stereocenters. The Hall–Kier alpha value is -4.68. The van der Waals surface area contributed by atoms with Gasteiger partial charge in [0.1, 0.15) is 5.75 Å². The monoisotopic (exact) mass is 695 g/mol. The average Bonchev–Trinajstić information content (AvgIpc) is 3.84. The third-order valence-corrected chi connectivity index (χ3v) is 12.9. The highest BCUT2D eigenvalue weighted by Crippen LogP contribution is 2.68. The van der Waals surface area contributed by atoms with E-state index in [0.29, 0.717) is 22.7 Å². The molecule has 3 amide bonds. The third-order valence-electron chi connectivity index (χ3n) is 10.3. The molecule has 1 saturated heterocycles. The highest BCUT2D eigenvalue weighted by Gasteiger charge is 2.69. The Morgan fingerprint density at radius 1 is 0.959 bits per heavy atom. The Morgan fingerprint density at radius 2 is 1.69 bits per heavy atom. The van der Waals surface area contributed by atoms with E-state index in [1.165, 1.54) is 16.2 Å². The minimum Gasteiger partial charge on any atom is -0.484 e. The number of anilines is 2. The second kappa shape index (κ2) is 12.3. The molecule has 8 rings (SSSR count). The highest BCUT2D eigenvalue weighted by molar-refractivity contribution is 8.00. The topological polar surface area (TPSA) is 135 Å². The number of thioether (sulfide) groups is 1. The van der Waals surface area contributed by atoms with Crippen molar-refractivity contribution in [2.24, 2.45) is 29.6 Å². The van der Waals surface area contributed by atoms with Crippen LogP contribution in [0.15, 0.2) is 82.6 Å². The summed E-state index contributed by atoms with van der Waals surface area (Å²) in [6.07, 6.45) is 0.760. The van der Waals surface area contributed by atoms with E-state index in [2.05, 4.69) is 10.3 Å². The number of carbonyl (C=O) groups is 4. The zero-order valence-electron chi connectivity index (χ0n) is 26.7. The first-order valence-electron chi connectivity index (χ1n) is 16.4. The van der Waals surface area contributed by atoms with Crippen molar-refractivity contribution in [1.29, 1.82) is 0 Å². The summed E-state index contributed by atoms with van der Waals surface area (Å²) in [5.74, 6) is -1.80. The summed E-state index contributed by atoms with van der Waals surface area (Å²) in [5, 5.41) is 3.70. The molecule has 2 bridgehead atoms. The number of aryl methyl sites for hydroxylation is 1. The number of ether oxygens (including phenoxy) is 2. The van der Waals surface area contributed by atoms with Crippen molar-refractivity contribution in [3.63, 3.8) is 0 Å². The number of fused-ring (bicyclic) bond motifs is 9. The quantitative estimate of drug-likeness (QED) is 0.179. The number of aromatic nitrogens is 1. The molecule has 49 heavy (non-hydrogen) atoms. The molecular weight excluding hydrogens is 663 g/mol. The number of rotatable bonds is 8. The van der Waals surface area contributed by atoms with Crippen molar-refractivity contribution in [3.8, 4) is 5.75 Å². The van der Waals surface area contributed by atoms with Gasteiger partial charge in [-0.25, -0.2) is 4.79 Å². The lowest BCUT2D eigenvalue weighted by molar-refractivity contribution is -0.123. The molecule has 2 N–H and O–H groups in total. The molecule has 0 unspecified atom stereocenters. The second-order valence-corrected chi connectivity index (χ2v) is 15.2. The lowest BCUT2D eigenvalue weighted by atomic mass is 9.68. The summed E-state index contributed by atoms with van der Waals surface area (Å²) in [4.78, 5) is 70.8. The van der Waals surface area contributed by atoms with Gasteiger partial charge in [-0.1, -0.05) is 41.2 Å². The fourth-order valence-electron chi connectivity index (χ4n) is 8.39. The molecule has 250 valence electrons. The molecule has 2 aliphatic heterocycles. The van der Waals surface area contributed by atoms with Gasteiger partial charge in [0.05, 0.1) is 34.7 Å². The summed E-state index contributed by atoms with van der Waals surface area (Å²) in [6.45, 7) is 3.79. The Bertz CT molecular complexity index is 2040. The third kappa shape index (κ3) is 5.37. The van der Waals surface area contributed by atoms with E-state index < -0.39 is 17.8 Å². The SMILES string of the molecule is CCOC(=O)c1ccc(N2C(=O)[C@H]3[C@H]4C[C@@H]([C@@H]3C2=O)[C@@H]2[C@H](c3cccc(OCC(=O)Nc5ccc(C)cc5)c3)c3sc(=O)[nH]c3S[C@H]42)cc1. The predicted octanol–water partition coefficient (Wildman–Crippen LogP) is 5.62. The van der Waals surface area contributed by atoms with Crippen molar-refractivity contribution >= 4 is 58.2 Å². The van der Waals surface area contributed by atoms with Crippen molar-refractivity contribution in [3.05, 3.63) is 104 Å². The number of esters is 1. The number of imide groups is 1. The maximum absolute atomic E-state index is 14.1. The molecule has 4 aromatic rings. The number of thiazole rings is 1. The van der Waals surface area contributed by atoms with Gasteiger partial charge in [-0.15, -0.1) is 11.8 Å². The smallest absolute Gasteiger partial charge is 0.338 e. The second-order valence-electron chi connectivity index (χ2n) is 13.0. The number of hydrogen-bond donors (Lipinski definition) is 2. The van der Waals surface area contributed by atoms with Crippen LogP contribution >= 0.6 is 23.1 Å². The van der Waals surface area contributed by atoms with E-state index in [1.807, 2.05) is 49.4 Å². The number of benzene rings is 3. The van der Waals surface area contributed by atoms with Crippen LogP contribution in [0.5, 0.6) is 5.75 Å². The summed E-state index contributed by atoms with van der Waals surface area (Å²) in [6, 6.07) is 21.6. The van der Waals surface area contributed by atoms with Gasteiger partial charge in [0.25, 0.3) is 5.91 Å². The van der Waals surface area contributed by atoms with Gasteiger partial charge >= 0.3 is 10.8 Å². The lowest BCUT2D eigenvalue weighted by Gasteiger charge is -2.43. The summed E-state index contributed by atoms with van der Waals surface area (Å²) < 4.78 is 11.0. The molecule has 10 nitrogen and oxygen atoms in total. The number of hydrogen-bond acceptors (Lipinski definition) is 9. The van der Waals surface area contributed by atoms with E-state index in [-0.39, 0.29) is 64.7 Å². The van der Waals surface area contributed by atoms with Crippen molar-refractivity contribution in [2.75, 3.05) is 23.4 Å². The zero-order valence-corrected chi connectivity index (χ0v) is 28.3. The van der Waals surface area contributed by atoms with Crippen LogP contribution in [0.3, 0.4) is 0 Å². The van der Waals surface area contributed by atoms with E-state index >= 15 is 0 Å². The van der Waals surface area contributed by atoms with Gasteiger partial charge in [-0.2, -0.15) is 0 Å². The van der Waals surface area contributed by atoms with Crippen molar-refractivity contribution in [2.45, 2.75) is 36.5 Å². The molecule has 0 radical (unpaired) electrons. The zero-order chi connectivity index (χ0) is 34.0. The minimum atomic E-state index is -0.464. The predicted molar refractivity (Wildman–Crippen MR) is 185 cm³/mol. The standard InChI is InChI=1S/C37H33N3O7S2/c1-3-46-36(44)19-9-13-22(14-10-19)40-34(42)29-24-16-25(30(29)35(40)43)31-28(24)27(32-33(48-31)39-37(45)49-32)20-5-4-6-23(15-20)47-17-26(41)38-21-11-7-18(2)8-12-21/h4-15,24-25,27-31H,3,16-17H2,1-2H3,(H,38,41)(H,39,45)/t24-,25-,27+,28-,29+,30+,31-/m1/s1. The van der Waals surface area contributed by atoms with Crippen LogP contribution in [-0.4, -0.2) is 47.1 Å². The van der Waals surface area contributed by atoms with Crippen LogP contribution in [0.1, 0.15) is 45.6 Å². The van der Waals surface area contributed by atoms with E-state index in [0.717, 1.165) is 27.5 Å². The maximum atomic E-state index is 14.1. The number of nitrogens with one attached hydrogen (secondary N) is 2. The lowest BCUT2D eigenvalue weighted by Crippen LogP contribution is -2.42. The first kappa shape index (κ1) is 31.6. The Kier molecular flexibility index (Phi) is 7.95. The minimum absolute atomic E-state index is 0.0122. The van der Waals surface area contributed by atoms with Gasteiger partial charge in [0.15, 0.2) is 6.61 Å². The first-order chi connectivity index (χ1) is 23.7. The summed E-state index contributed by atoms with van der Waals surface area (Å²) in [7, 11) is 0. The van der Waals surface area contributed by atoms with Crippen LogP contribution in [0, 0.1) is 36.5 Å². The highest BCUT2D eigenvalue weighted by atomic mass is 32.2. The molecule has 3 aromatic carbocycles. The van der Waals surface area contributed by atoms with Crippen molar-refractivity contribution < 1.29 is 28.7 Å². The maximum Gasteiger partial charge on any atom is 0.338 e. The molecule has 3 heterocycles.